The quantitative estimate of drug-likeness (QED) is 0.841. The van der Waals surface area contributed by atoms with Gasteiger partial charge in [-0.2, -0.15) is 13.2 Å². The fraction of sp³-hybridized carbons (Fsp3) is 1.00. The van der Waals surface area contributed by atoms with E-state index in [1.54, 1.807) is 7.05 Å². The molecule has 0 aromatic carbocycles. The van der Waals surface area contributed by atoms with Crippen LogP contribution in [0.25, 0.3) is 0 Å². The molecule has 0 bridgehead atoms. The van der Waals surface area contributed by atoms with Gasteiger partial charge in [0.1, 0.15) is 0 Å². The van der Waals surface area contributed by atoms with Crippen molar-refractivity contribution in [2.24, 2.45) is 5.41 Å². The summed E-state index contributed by atoms with van der Waals surface area (Å²) in [5.74, 6) is 0. The monoisotopic (exact) mass is 266 g/mol. The largest absolute Gasteiger partial charge is 0.401 e. The first-order valence-corrected chi connectivity index (χ1v) is 6.68. The average molecular weight is 266 g/mol. The van der Waals surface area contributed by atoms with E-state index >= 15 is 0 Å². The van der Waals surface area contributed by atoms with Gasteiger partial charge in [0.2, 0.25) is 0 Å². The molecule has 0 aliphatic heterocycles. The van der Waals surface area contributed by atoms with Crippen molar-refractivity contribution in [3.05, 3.63) is 0 Å². The molecular formula is C13H25F3N2. The Balaban J connectivity index is 2.77. The van der Waals surface area contributed by atoms with E-state index in [0.29, 0.717) is 0 Å². The molecule has 0 aromatic heterocycles. The minimum absolute atomic E-state index is 0.0321. The Bertz CT molecular complexity index is 263. The normalized spacial score (nSPS) is 28.7. The van der Waals surface area contributed by atoms with Crippen LogP contribution in [0.1, 0.15) is 40.0 Å². The van der Waals surface area contributed by atoms with E-state index in [4.69, 9.17) is 0 Å². The van der Waals surface area contributed by atoms with Crippen LogP contribution in [0.5, 0.6) is 0 Å². The van der Waals surface area contributed by atoms with Gasteiger partial charge >= 0.3 is 6.18 Å². The van der Waals surface area contributed by atoms with Crippen molar-refractivity contribution in [1.82, 2.24) is 10.2 Å². The maximum atomic E-state index is 12.5. The fourth-order valence-corrected chi connectivity index (χ4v) is 3.12. The van der Waals surface area contributed by atoms with E-state index in [2.05, 4.69) is 19.2 Å². The molecule has 108 valence electrons. The maximum Gasteiger partial charge on any atom is 0.401 e. The molecule has 1 N–H and O–H groups in total. The van der Waals surface area contributed by atoms with Gasteiger partial charge in [-0.05, 0) is 31.8 Å². The predicted octanol–water partition coefficient (Wildman–Crippen LogP) is 3.04. The molecule has 0 radical (unpaired) electrons. The number of alkyl halides is 3. The highest BCUT2D eigenvalue weighted by Crippen LogP contribution is 2.38. The highest BCUT2D eigenvalue weighted by Gasteiger charge is 2.42. The summed E-state index contributed by atoms with van der Waals surface area (Å²) in [4.78, 5) is 1.47. The van der Waals surface area contributed by atoms with Crippen LogP contribution >= 0.6 is 0 Å². The fourth-order valence-electron chi connectivity index (χ4n) is 3.12. The van der Waals surface area contributed by atoms with E-state index in [0.717, 1.165) is 25.8 Å². The average Bonchev–Trinajstić information content (AvgIpc) is 2.18. The molecule has 2 nitrogen and oxygen atoms in total. The first-order chi connectivity index (χ1) is 8.17. The number of halogens is 3. The third-order valence-electron chi connectivity index (χ3n) is 3.97. The third kappa shape index (κ3) is 4.12. The SMILES string of the molecule is CCNC1C(N(C)CC(F)(F)F)CCCC1(C)C. The van der Waals surface area contributed by atoms with Gasteiger partial charge in [-0.15, -0.1) is 0 Å². The Morgan fingerprint density at radius 1 is 1.33 bits per heavy atom. The van der Waals surface area contributed by atoms with Crippen LogP contribution in [0.4, 0.5) is 13.2 Å². The van der Waals surface area contributed by atoms with E-state index in [1.807, 2.05) is 6.92 Å². The van der Waals surface area contributed by atoms with Crippen molar-refractivity contribution in [3.8, 4) is 0 Å². The van der Waals surface area contributed by atoms with Crippen LogP contribution in [0, 0.1) is 5.41 Å². The van der Waals surface area contributed by atoms with E-state index < -0.39 is 12.7 Å². The molecule has 2 unspecified atom stereocenters. The zero-order chi connectivity index (χ0) is 14.0. The number of nitrogens with zero attached hydrogens (tertiary/aromatic N) is 1. The molecule has 18 heavy (non-hydrogen) atoms. The summed E-state index contributed by atoms with van der Waals surface area (Å²) in [5.41, 5.74) is 0.0544. The summed E-state index contributed by atoms with van der Waals surface area (Å²) in [6.45, 7) is 6.27. The van der Waals surface area contributed by atoms with E-state index in [1.165, 1.54) is 4.90 Å². The van der Waals surface area contributed by atoms with Crippen LogP contribution in [0.2, 0.25) is 0 Å². The third-order valence-corrected chi connectivity index (χ3v) is 3.97. The number of hydrogen-bond acceptors (Lipinski definition) is 2. The highest BCUT2D eigenvalue weighted by molar-refractivity contribution is 4.97. The molecular weight excluding hydrogens is 241 g/mol. The second kappa shape index (κ2) is 5.78. The van der Waals surface area contributed by atoms with Gasteiger partial charge in [0.15, 0.2) is 0 Å². The van der Waals surface area contributed by atoms with E-state index in [9.17, 15) is 13.2 Å². The van der Waals surface area contributed by atoms with Gasteiger partial charge in [-0.1, -0.05) is 27.2 Å². The smallest absolute Gasteiger partial charge is 0.312 e. The Morgan fingerprint density at radius 2 is 1.94 bits per heavy atom. The summed E-state index contributed by atoms with van der Waals surface area (Å²) in [5, 5.41) is 3.38. The van der Waals surface area contributed by atoms with Crippen molar-refractivity contribution in [3.63, 3.8) is 0 Å². The number of likely N-dealkylation sites (N-methyl/N-ethyl adjacent to an activating group) is 2. The van der Waals surface area contributed by atoms with Gasteiger partial charge < -0.3 is 5.32 Å². The second-order valence-electron chi connectivity index (χ2n) is 6.01. The van der Waals surface area contributed by atoms with Crippen LogP contribution in [-0.4, -0.2) is 43.3 Å². The molecule has 1 aliphatic rings. The lowest BCUT2D eigenvalue weighted by molar-refractivity contribution is -0.151. The minimum Gasteiger partial charge on any atom is -0.312 e. The minimum atomic E-state index is -4.12. The molecule has 5 heteroatoms. The Morgan fingerprint density at radius 3 is 2.44 bits per heavy atom. The molecule has 2 atom stereocenters. The molecule has 0 saturated heterocycles. The number of nitrogens with one attached hydrogen (secondary N) is 1. The Kier molecular flexibility index (Phi) is 5.06. The second-order valence-corrected chi connectivity index (χ2v) is 6.01. The van der Waals surface area contributed by atoms with Crippen molar-refractivity contribution in [1.29, 1.82) is 0 Å². The summed E-state index contributed by atoms with van der Waals surface area (Å²) in [6.07, 6.45) is -1.20. The topological polar surface area (TPSA) is 15.3 Å². The van der Waals surface area contributed by atoms with Gasteiger partial charge in [0.05, 0.1) is 6.54 Å². The molecule has 0 aromatic rings. The standard InChI is InChI=1S/C13H25F3N2/c1-5-17-11-10(7-6-8-12(11,2)3)18(4)9-13(14,15)16/h10-11,17H,5-9H2,1-4H3. The zero-order valence-corrected chi connectivity index (χ0v) is 11.8. The lowest BCUT2D eigenvalue weighted by Crippen LogP contribution is -2.59. The van der Waals surface area contributed by atoms with Gasteiger partial charge in [-0.3, -0.25) is 4.90 Å². The van der Waals surface area contributed by atoms with E-state index in [-0.39, 0.29) is 17.5 Å². The Hall–Kier alpha value is -0.290. The lowest BCUT2D eigenvalue weighted by Gasteiger charge is -2.48. The first kappa shape index (κ1) is 15.8. The summed E-state index contributed by atoms with van der Waals surface area (Å²) in [7, 11) is 1.59. The summed E-state index contributed by atoms with van der Waals surface area (Å²) in [6, 6.07) is 0.0962. The Labute approximate surface area is 108 Å². The van der Waals surface area contributed by atoms with Gasteiger partial charge in [0.25, 0.3) is 0 Å². The van der Waals surface area contributed by atoms with Gasteiger partial charge in [0, 0.05) is 12.1 Å². The van der Waals surface area contributed by atoms with Crippen molar-refractivity contribution in [2.75, 3.05) is 20.1 Å². The van der Waals surface area contributed by atoms with Crippen molar-refractivity contribution >= 4 is 0 Å². The van der Waals surface area contributed by atoms with Crippen LogP contribution < -0.4 is 5.32 Å². The molecule has 1 aliphatic carbocycles. The van der Waals surface area contributed by atoms with Crippen molar-refractivity contribution in [2.45, 2.75) is 58.3 Å². The first-order valence-electron chi connectivity index (χ1n) is 6.68. The molecule has 0 heterocycles. The van der Waals surface area contributed by atoms with Crippen LogP contribution in [0.3, 0.4) is 0 Å². The molecule has 0 spiro atoms. The molecule has 1 saturated carbocycles. The number of rotatable bonds is 4. The lowest BCUT2D eigenvalue weighted by atomic mass is 9.70. The number of hydrogen-bond donors (Lipinski definition) is 1. The summed E-state index contributed by atoms with van der Waals surface area (Å²) < 4.78 is 37.5. The molecule has 1 rings (SSSR count). The highest BCUT2D eigenvalue weighted by atomic mass is 19.4. The van der Waals surface area contributed by atoms with Crippen LogP contribution in [-0.2, 0) is 0 Å². The molecule has 1 fully saturated rings. The molecule has 0 amide bonds. The van der Waals surface area contributed by atoms with Crippen molar-refractivity contribution < 1.29 is 13.2 Å². The predicted molar refractivity (Wildman–Crippen MR) is 67.6 cm³/mol. The van der Waals surface area contributed by atoms with Crippen LogP contribution in [0.15, 0.2) is 0 Å². The zero-order valence-electron chi connectivity index (χ0n) is 11.8. The van der Waals surface area contributed by atoms with Gasteiger partial charge in [-0.25, -0.2) is 0 Å². The maximum absolute atomic E-state index is 12.5. The summed E-state index contributed by atoms with van der Waals surface area (Å²) >= 11 is 0.